The van der Waals surface area contributed by atoms with Gasteiger partial charge in [-0.25, -0.2) is 0 Å². The number of aliphatic imine (C=N–C) groups is 1. The van der Waals surface area contributed by atoms with Gasteiger partial charge in [-0.15, -0.1) is 21.5 Å². The second-order valence-electron chi connectivity index (χ2n) is 6.38. The Labute approximate surface area is 170 Å². The van der Waals surface area contributed by atoms with E-state index in [0.29, 0.717) is 0 Å². The lowest BCUT2D eigenvalue weighted by Gasteiger charge is -2.11. The third-order valence-electron chi connectivity index (χ3n) is 4.74. The van der Waals surface area contributed by atoms with Gasteiger partial charge in [-0.05, 0) is 44.9 Å². The summed E-state index contributed by atoms with van der Waals surface area (Å²) in [5.41, 5.74) is 4.52. The van der Waals surface area contributed by atoms with E-state index in [-0.39, 0.29) is 6.04 Å². The minimum atomic E-state index is -0.0411. The largest absolute Gasteiger partial charge is 0.273 e. The molecule has 1 atom stereocenters. The first kappa shape index (κ1) is 17.9. The Morgan fingerprint density at radius 2 is 1.88 bits per heavy atom. The van der Waals surface area contributed by atoms with E-state index in [1.165, 1.54) is 16.0 Å². The average Bonchev–Trinajstić information content (AvgIpc) is 3.09. The molecule has 3 heterocycles. The molecule has 0 spiro atoms. The summed E-state index contributed by atoms with van der Waals surface area (Å²) in [7, 11) is 0. The maximum atomic E-state index is 6.11. The highest BCUT2D eigenvalue weighted by atomic mass is 79.9. The number of aryl methyl sites for hydroxylation is 2. The Morgan fingerprint density at radius 3 is 2.58 bits per heavy atom. The van der Waals surface area contributed by atoms with E-state index in [1.807, 2.05) is 31.2 Å². The summed E-state index contributed by atoms with van der Waals surface area (Å²) in [4.78, 5) is 6.45. The van der Waals surface area contributed by atoms with Crippen LogP contribution in [0.1, 0.15) is 45.7 Å². The molecule has 7 heteroatoms. The smallest absolute Gasteiger partial charge is 0.163 e. The molecule has 1 aromatic carbocycles. The van der Waals surface area contributed by atoms with Crippen molar-refractivity contribution in [3.05, 3.63) is 62.5 Å². The molecule has 0 saturated carbocycles. The molecule has 0 bridgehead atoms. The van der Waals surface area contributed by atoms with E-state index in [4.69, 9.17) is 16.6 Å². The second-order valence-corrected chi connectivity index (χ2v) is 8.81. The molecule has 134 valence electrons. The van der Waals surface area contributed by atoms with Crippen molar-refractivity contribution in [2.45, 2.75) is 33.2 Å². The van der Waals surface area contributed by atoms with Crippen LogP contribution in [0.15, 0.2) is 29.3 Å². The molecular weight excluding hydrogens is 432 g/mol. The lowest BCUT2D eigenvalue weighted by atomic mass is 10.00. The van der Waals surface area contributed by atoms with Crippen LogP contribution in [0.5, 0.6) is 0 Å². The molecule has 1 aliphatic heterocycles. The van der Waals surface area contributed by atoms with E-state index in [9.17, 15) is 0 Å². The summed E-state index contributed by atoms with van der Waals surface area (Å²) in [6.45, 7) is 6.33. The molecule has 0 unspecified atom stereocenters. The number of aromatic nitrogens is 3. The fourth-order valence-electron chi connectivity index (χ4n) is 3.29. The Kier molecular flexibility index (Phi) is 4.75. The predicted molar refractivity (Wildman–Crippen MR) is 112 cm³/mol. The standard InChI is InChI=1S/C19H18BrClN4S/c1-10-11(2)26-19-16(10)17(13-4-6-14(21)7-5-13)22-15(8-9-20)18-24-23-12(3)25(18)19/h4-7,15H,8-9H2,1-3H3/t15-/m0/s1. The summed E-state index contributed by atoms with van der Waals surface area (Å²) in [5.74, 6) is 1.81. The van der Waals surface area contributed by atoms with Crippen LogP contribution in [-0.4, -0.2) is 25.8 Å². The van der Waals surface area contributed by atoms with Gasteiger partial charge in [-0.1, -0.05) is 39.7 Å². The van der Waals surface area contributed by atoms with Crippen LogP contribution in [0.25, 0.3) is 5.00 Å². The van der Waals surface area contributed by atoms with Gasteiger partial charge in [0.05, 0.1) is 5.71 Å². The molecule has 26 heavy (non-hydrogen) atoms. The van der Waals surface area contributed by atoms with Crippen LogP contribution in [0.3, 0.4) is 0 Å². The van der Waals surface area contributed by atoms with Gasteiger partial charge in [-0.3, -0.25) is 9.56 Å². The summed E-state index contributed by atoms with van der Waals surface area (Å²) < 4.78 is 2.18. The normalized spacial score (nSPS) is 16.0. The Hall–Kier alpha value is -1.50. The van der Waals surface area contributed by atoms with E-state index >= 15 is 0 Å². The molecule has 0 aliphatic carbocycles. The van der Waals surface area contributed by atoms with Gasteiger partial charge in [0.15, 0.2) is 5.82 Å². The Morgan fingerprint density at radius 1 is 1.15 bits per heavy atom. The van der Waals surface area contributed by atoms with E-state index in [1.54, 1.807) is 11.3 Å². The molecule has 0 saturated heterocycles. The number of alkyl halides is 1. The monoisotopic (exact) mass is 448 g/mol. The quantitative estimate of drug-likeness (QED) is 0.490. The van der Waals surface area contributed by atoms with Crippen molar-refractivity contribution in [3.8, 4) is 5.00 Å². The predicted octanol–water partition coefficient (Wildman–Crippen LogP) is 5.58. The molecule has 3 aromatic rings. The van der Waals surface area contributed by atoms with E-state index < -0.39 is 0 Å². The first-order chi connectivity index (χ1) is 12.5. The number of rotatable bonds is 3. The fraction of sp³-hybridized carbons (Fsp3) is 0.316. The highest BCUT2D eigenvalue weighted by molar-refractivity contribution is 9.09. The summed E-state index contributed by atoms with van der Waals surface area (Å²) in [6.07, 6.45) is 0.863. The van der Waals surface area contributed by atoms with Crippen molar-refractivity contribution in [2.24, 2.45) is 4.99 Å². The van der Waals surface area contributed by atoms with Gasteiger partial charge < -0.3 is 0 Å². The highest BCUT2D eigenvalue weighted by Gasteiger charge is 2.30. The number of fused-ring (bicyclic) bond motifs is 3. The molecule has 0 radical (unpaired) electrons. The number of thiophene rings is 1. The lowest BCUT2D eigenvalue weighted by Crippen LogP contribution is -2.07. The van der Waals surface area contributed by atoms with E-state index in [0.717, 1.165) is 44.7 Å². The SMILES string of the molecule is Cc1sc2c(c1C)C(c1ccc(Cl)cc1)=N[C@@H](CCBr)c1nnc(C)n1-2. The van der Waals surface area contributed by atoms with Crippen molar-refractivity contribution in [1.29, 1.82) is 0 Å². The number of hydrogen-bond acceptors (Lipinski definition) is 4. The van der Waals surface area contributed by atoms with Crippen molar-refractivity contribution in [3.63, 3.8) is 0 Å². The van der Waals surface area contributed by atoms with Crippen molar-refractivity contribution >= 4 is 44.6 Å². The molecule has 2 aromatic heterocycles. The minimum Gasteiger partial charge on any atom is -0.273 e. The molecule has 1 aliphatic rings. The molecule has 4 nitrogen and oxygen atoms in total. The van der Waals surface area contributed by atoms with Gasteiger partial charge in [0.25, 0.3) is 0 Å². The Bertz CT molecular complexity index is 1000. The van der Waals surface area contributed by atoms with Crippen molar-refractivity contribution in [1.82, 2.24) is 14.8 Å². The Balaban J connectivity index is 2.03. The van der Waals surface area contributed by atoms with Crippen molar-refractivity contribution < 1.29 is 0 Å². The third-order valence-corrected chi connectivity index (χ3v) is 6.64. The first-order valence-electron chi connectivity index (χ1n) is 8.43. The first-order valence-corrected chi connectivity index (χ1v) is 10.7. The highest BCUT2D eigenvalue weighted by Crippen LogP contribution is 2.39. The van der Waals surface area contributed by atoms with Crippen LogP contribution in [0.4, 0.5) is 0 Å². The maximum Gasteiger partial charge on any atom is 0.163 e. The second kappa shape index (κ2) is 6.91. The van der Waals surface area contributed by atoms with Crippen LogP contribution in [0.2, 0.25) is 5.02 Å². The fourth-order valence-corrected chi connectivity index (χ4v) is 5.07. The summed E-state index contributed by atoms with van der Waals surface area (Å²) in [6, 6.07) is 7.89. The zero-order valence-electron chi connectivity index (χ0n) is 14.8. The van der Waals surface area contributed by atoms with Crippen LogP contribution < -0.4 is 0 Å². The van der Waals surface area contributed by atoms with E-state index in [2.05, 4.69) is 44.5 Å². The van der Waals surface area contributed by atoms with Crippen LogP contribution in [-0.2, 0) is 0 Å². The topological polar surface area (TPSA) is 43.1 Å². The third kappa shape index (κ3) is 2.84. The number of nitrogens with zero attached hydrogens (tertiary/aromatic N) is 4. The number of benzene rings is 1. The summed E-state index contributed by atoms with van der Waals surface area (Å²) in [5, 5.41) is 11.5. The average molecular weight is 450 g/mol. The molecule has 4 rings (SSSR count). The van der Waals surface area contributed by atoms with Gasteiger partial charge in [0.1, 0.15) is 16.9 Å². The zero-order valence-corrected chi connectivity index (χ0v) is 17.9. The number of halogens is 2. The van der Waals surface area contributed by atoms with Crippen molar-refractivity contribution in [2.75, 3.05) is 5.33 Å². The van der Waals surface area contributed by atoms with Gasteiger partial charge >= 0.3 is 0 Å². The zero-order chi connectivity index (χ0) is 18.4. The maximum absolute atomic E-state index is 6.11. The molecule has 0 amide bonds. The van der Waals surface area contributed by atoms with Gasteiger partial charge in [0.2, 0.25) is 0 Å². The molecule has 0 fully saturated rings. The summed E-state index contributed by atoms with van der Waals surface area (Å²) >= 11 is 11.4. The van der Waals surface area contributed by atoms with Crippen LogP contribution in [0, 0.1) is 20.8 Å². The lowest BCUT2D eigenvalue weighted by molar-refractivity contribution is 0.647. The molecule has 0 N–H and O–H groups in total. The molecular formula is C19H18BrClN4S. The van der Waals surface area contributed by atoms with Gasteiger partial charge in [-0.2, -0.15) is 0 Å². The van der Waals surface area contributed by atoms with Gasteiger partial charge in [0, 0.05) is 26.4 Å². The van der Waals surface area contributed by atoms with Crippen LogP contribution >= 0.6 is 38.9 Å². The number of hydrogen-bond donors (Lipinski definition) is 0. The minimum absolute atomic E-state index is 0.0411.